The van der Waals surface area contributed by atoms with Crippen molar-refractivity contribution in [1.82, 2.24) is 10.2 Å². The summed E-state index contributed by atoms with van der Waals surface area (Å²) in [4.78, 5) is 14.4. The number of likely N-dealkylation sites (N-methyl/N-ethyl adjacent to an activating group) is 1. The summed E-state index contributed by atoms with van der Waals surface area (Å²) in [5.41, 5.74) is 2.41. The normalized spacial score (nSPS) is 15.6. The molecule has 2 aromatic carbocycles. The zero-order valence-corrected chi connectivity index (χ0v) is 19.4. The van der Waals surface area contributed by atoms with Gasteiger partial charge >= 0.3 is 0 Å². The van der Waals surface area contributed by atoms with Crippen molar-refractivity contribution in [3.8, 4) is 11.5 Å². The highest BCUT2D eigenvalue weighted by Crippen LogP contribution is 2.43. The average molecular weight is 447 g/mol. The Morgan fingerprint density at radius 3 is 2.53 bits per heavy atom. The largest absolute Gasteiger partial charge is 0.497 e. The Bertz CT molecular complexity index is 808. The number of methoxy groups -OCH3 is 1. The maximum atomic E-state index is 12.3. The van der Waals surface area contributed by atoms with E-state index in [1.54, 1.807) is 7.11 Å². The third kappa shape index (κ3) is 6.59. The number of benzene rings is 2. The van der Waals surface area contributed by atoms with Crippen LogP contribution in [-0.2, 0) is 4.79 Å². The number of thioether (sulfide) groups is 2. The van der Waals surface area contributed by atoms with E-state index in [-0.39, 0.29) is 18.6 Å². The molecule has 1 amide bonds. The second-order valence-electron chi connectivity index (χ2n) is 7.34. The summed E-state index contributed by atoms with van der Waals surface area (Å²) in [5.74, 6) is 3.84. The fourth-order valence-electron chi connectivity index (χ4n) is 3.26. The maximum Gasteiger partial charge on any atom is 0.258 e. The van der Waals surface area contributed by atoms with Crippen LogP contribution in [-0.4, -0.2) is 56.7 Å². The first-order chi connectivity index (χ1) is 14.6. The highest BCUT2D eigenvalue weighted by Gasteiger charge is 2.17. The standard InChI is InChI=1S/C23H30N2O3S2/c1-25(2)21(18-6-4-7-20(14-18)27-3)15-24-22(26)16-28-19-10-8-17(9-11-19)23-29-12-5-13-30-23/h4,6-11,14,21,23H,5,12-13,15-16H2,1-3H3,(H,24,26). The van der Waals surface area contributed by atoms with Gasteiger partial charge in [0.1, 0.15) is 11.5 Å². The van der Waals surface area contributed by atoms with Gasteiger partial charge in [-0.1, -0.05) is 24.3 Å². The first-order valence-corrected chi connectivity index (χ1v) is 12.2. The van der Waals surface area contributed by atoms with Crippen LogP contribution in [0.4, 0.5) is 0 Å². The summed E-state index contributed by atoms with van der Waals surface area (Å²) in [6.07, 6.45) is 1.29. The summed E-state index contributed by atoms with van der Waals surface area (Å²) >= 11 is 4.00. The van der Waals surface area contributed by atoms with Crippen LogP contribution in [0.15, 0.2) is 48.5 Å². The third-order valence-corrected chi connectivity index (χ3v) is 7.96. The fraction of sp³-hybridized carbons (Fsp3) is 0.435. The molecule has 30 heavy (non-hydrogen) atoms. The van der Waals surface area contributed by atoms with E-state index in [1.165, 1.54) is 23.5 Å². The first-order valence-electron chi connectivity index (χ1n) is 10.1. The molecule has 0 spiro atoms. The molecule has 2 aromatic rings. The van der Waals surface area contributed by atoms with Gasteiger partial charge in [-0.15, -0.1) is 23.5 Å². The summed E-state index contributed by atoms with van der Waals surface area (Å²) < 4.78 is 11.5. The van der Waals surface area contributed by atoms with Crippen molar-refractivity contribution in [1.29, 1.82) is 0 Å². The molecule has 0 radical (unpaired) electrons. The van der Waals surface area contributed by atoms with Gasteiger partial charge in [0.2, 0.25) is 0 Å². The Morgan fingerprint density at radius 2 is 1.87 bits per heavy atom. The van der Waals surface area contributed by atoms with Gasteiger partial charge in [-0.3, -0.25) is 4.79 Å². The van der Waals surface area contributed by atoms with Crippen LogP contribution in [0.25, 0.3) is 0 Å². The van der Waals surface area contributed by atoms with E-state index in [0.29, 0.717) is 11.1 Å². The lowest BCUT2D eigenvalue weighted by molar-refractivity contribution is -0.123. The first kappa shape index (κ1) is 22.8. The molecule has 0 saturated carbocycles. The zero-order valence-electron chi connectivity index (χ0n) is 17.8. The van der Waals surface area contributed by atoms with Crippen LogP contribution in [0.5, 0.6) is 11.5 Å². The van der Waals surface area contributed by atoms with Crippen molar-refractivity contribution >= 4 is 29.4 Å². The van der Waals surface area contributed by atoms with Gasteiger partial charge in [0, 0.05) is 6.54 Å². The van der Waals surface area contributed by atoms with E-state index in [4.69, 9.17) is 9.47 Å². The van der Waals surface area contributed by atoms with Gasteiger partial charge in [0.15, 0.2) is 6.61 Å². The van der Waals surface area contributed by atoms with Crippen LogP contribution in [0.1, 0.15) is 28.2 Å². The molecule has 3 rings (SSSR count). The van der Waals surface area contributed by atoms with Crippen LogP contribution in [0.2, 0.25) is 0 Å². The van der Waals surface area contributed by atoms with E-state index in [2.05, 4.69) is 22.3 Å². The number of rotatable bonds is 9. The lowest BCUT2D eigenvalue weighted by Crippen LogP contribution is -2.36. The van der Waals surface area contributed by atoms with Crippen molar-refractivity contribution in [2.24, 2.45) is 0 Å². The molecule has 1 saturated heterocycles. The van der Waals surface area contributed by atoms with Crippen LogP contribution in [0.3, 0.4) is 0 Å². The average Bonchev–Trinajstić information content (AvgIpc) is 2.78. The number of ether oxygens (including phenoxy) is 2. The molecule has 1 atom stereocenters. The third-order valence-electron chi connectivity index (χ3n) is 4.94. The van der Waals surface area contributed by atoms with Crippen molar-refractivity contribution in [3.63, 3.8) is 0 Å². The molecule has 1 heterocycles. The predicted molar refractivity (Wildman–Crippen MR) is 127 cm³/mol. The Hall–Kier alpha value is -1.83. The fourth-order valence-corrected chi connectivity index (χ4v) is 6.15. The summed E-state index contributed by atoms with van der Waals surface area (Å²) in [7, 11) is 5.65. The molecule has 0 aliphatic carbocycles. The number of hydrogen-bond acceptors (Lipinski definition) is 6. The minimum absolute atomic E-state index is 0.00450. The Morgan fingerprint density at radius 1 is 1.13 bits per heavy atom. The van der Waals surface area contributed by atoms with Gasteiger partial charge in [0.05, 0.1) is 17.7 Å². The highest BCUT2D eigenvalue weighted by atomic mass is 32.2. The number of hydrogen-bond donors (Lipinski definition) is 1. The van der Waals surface area contributed by atoms with E-state index in [0.717, 1.165) is 17.1 Å². The second kappa shape index (κ2) is 11.5. The molecular formula is C23H30N2O3S2. The van der Waals surface area contributed by atoms with Crippen molar-refractivity contribution in [2.45, 2.75) is 17.0 Å². The van der Waals surface area contributed by atoms with E-state index >= 15 is 0 Å². The van der Waals surface area contributed by atoms with Gasteiger partial charge in [-0.2, -0.15) is 0 Å². The molecular weight excluding hydrogens is 416 g/mol. The van der Waals surface area contributed by atoms with Gasteiger partial charge in [-0.05, 0) is 67.4 Å². The van der Waals surface area contributed by atoms with Crippen LogP contribution < -0.4 is 14.8 Å². The lowest BCUT2D eigenvalue weighted by atomic mass is 10.1. The Kier molecular flexibility index (Phi) is 8.78. The molecule has 1 aliphatic rings. The molecule has 1 unspecified atom stereocenters. The van der Waals surface area contributed by atoms with Crippen molar-refractivity contribution in [2.75, 3.05) is 45.9 Å². The van der Waals surface area contributed by atoms with Crippen molar-refractivity contribution < 1.29 is 14.3 Å². The monoisotopic (exact) mass is 446 g/mol. The molecule has 1 aliphatic heterocycles. The number of carbonyl (C=O) groups excluding carboxylic acids is 1. The quantitative estimate of drug-likeness (QED) is 0.618. The predicted octanol–water partition coefficient (Wildman–Crippen LogP) is 4.36. The summed E-state index contributed by atoms with van der Waals surface area (Å²) in [6, 6.07) is 16.1. The van der Waals surface area contributed by atoms with E-state index < -0.39 is 0 Å². The number of amides is 1. The molecule has 162 valence electrons. The Labute approximate surface area is 187 Å². The SMILES string of the molecule is COc1cccc(C(CNC(=O)COc2ccc(C3SCCCS3)cc2)N(C)C)c1. The minimum Gasteiger partial charge on any atom is -0.497 e. The van der Waals surface area contributed by atoms with Crippen molar-refractivity contribution in [3.05, 3.63) is 59.7 Å². The Balaban J connectivity index is 1.48. The molecule has 1 fully saturated rings. The summed E-state index contributed by atoms with van der Waals surface area (Å²) in [6.45, 7) is 0.502. The molecule has 0 aromatic heterocycles. The smallest absolute Gasteiger partial charge is 0.258 e. The topological polar surface area (TPSA) is 50.8 Å². The molecule has 7 heteroatoms. The summed E-state index contributed by atoms with van der Waals surface area (Å²) in [5, 5.41) is 2.98. The number of nitrogens with one attached hydrogen (secondary N) is 1. The highest BCUT2D eigenvalue weighted by molar-refractivity contribution is 8.16. The van der Waals surface area contributed by atoms with Gasteiger partial charge in [0.25, 0.3) is 5.91 Å². The second-order valence-corrected chi connectivity index (χ2v) is 10.1. The van der Waals surface area contributed by atoms with Crippen LogP contribution in [0, 0.1) is 0 Å². The van der Waals surface area contributed by atoms with E-state index in [9.17, 15) is 4.79 Å². The molecule has 0 bridgehead atoms. The van der Waals surface area contributed by atoms with E-state index in [1.807, 2.05) is 74.0 Å². The van der Waals surface area contributed by atoms with Crippen LogP contribution >= 0.6 is 23.5 Å². The zero-order chi connectivity index (χ0) is 21.3. The minimum atomic E-state index is -0.132. The molecule has 1 N–H and O–H groups in total. The number of nitrogens with zero attached hydrogens (tertiary/aromatic N) is 1. The maximum absolute atomic E-state index is 12.3. The van der Waals surface area contributed by atoms with Gasteiger partial charge < -0.3 is 19.7 Å². The van der Waals surface area contributed by atoms with Gasteiger partial charge in [-0.25, -0.2) is 0 Å². The molecule has 5 nitrogen and oxygen atoms in total. The number of carbonyl (C=O) groups is 1. The lowest BCUT2D eigenvalue weighted by Gasteiger charge is -2.25.